The standard InChI is InChI=1S/C14H25N3O3/c1-10(13(18)19)11(2)15-14(20)17-8-4-7-16-6-3-5-12(16)9-17/h10-12H,3-9H2,1-2H3,(H,15,20)(H,18,19). The molecule has 0 radical (unpaired) electrons. The summed E-state index contributed by atoms with van der Waals surface area (Å²) in [7, 11) is 0. The summed E-state index contributed by atoms with van der Waals surface area (Å²) in [4.78, 5) is 27.5. The number of hydrogen-bond donors (Lipinski definition) is 2. The average molecular weight is 283 g/mol. The maximum Gasteiger partial charge on any atom is 0.317 e. The highest BCUT2D eigenvalue weighted by Crippen LogP contribution is 2.21. The van der Waals surface area contributed by atoms with Crippen LogP contribution < -0.4 is 5.32 Å². The summed E-state index contributed by atoms with van der Waals surface area (Å²) in [5.74, 6) is -1.45. The summed E-state index contributed by atoms with van der Waals surface area (Å²) in [5, 5.41) is 11.8. The van der Waals surface area contributed by atoms with Gasteiger partial charge in [-0.2, -0.15) is 0 Å². The fourth-order valence-corrected chi connectivity index (χ4v) is 3.02. The Morgan fingerprint density at radius 2 is 1.90 bits per heavy atom. The zero-order chi connectivity index (χ0) is 14.7. The van der Waals surface area contributed by atoms with Gasteiger partial charge in [-0.25, -0.2) is 4.79 Å². The minimum atomic E-state index is -0.879. The van der Waals surface area contributed by atoms with Gasteiger partial charge in [-0.05, 0) is 39.7 Å². The van der Waals surface area contributed by atoms with E-state index >= 15 is 0 Å². The van der Waals surface area contributed by atoms with Crippen LogP contribution in [0.1, 0.15) is 33.1 Å². The van der Waals surface area contributed by atoms with Crippen LogP contribution in [0.3, 0.4) is 0 Å². The Hall–Kier alpha value is -1.30. The molecule has 2 rings (SSSR count). The Kier molecular flexibility index (Phi) is 4.86. The molecule has 0 aromatic rings. The molecule has 2 amide bonds. The molecule has 2 heterocycles. The van der Waals surface area contributed by atoms with E-state index in [4.69, 9.17) is 5.11 Å². The molecule has 2 saturated heterocycles. The fraction of sp³-hybridized carbons (Fsp3) is 0.857. The predicted molar refractivity (Wildman–Crippen MR) is 75.6 cm³/mol. The van der Waals surface area contributed by atoms with Crippen LogP contribution in [0.5, 0.6) is 0 Å². The van der Waals surface area contributed by atoms with Crippen LogP contribution in [0, 0.1) is 5.92 Å². The number of nitrogens with zero attached hydrogens (tertiary/aromatic N) is 2. The normalized spacial score (nSPS) is 26.5. The Morgan fingerprint density at radius 1 is 1.20 bits per heavy atom. The first kappa shape index (κ1) is 15.1. The van der Waals surface area contributed by atoms with E-state index in [2.05, 4.69) is 10.2 Å². The summed E-state index contributed by atoms with van der Waals surface area (Å²) in [6.07, 6.45) is 3.37. The van der Waals surface area contributed by atoms with E-state index in [1.807, 2.05) is 4.90 Å². The summed E-state index contributed by atoms with van der Waals surface area (Å²) >= 11 is 0. The predicted octanol–water partition coefficient (Wildman–Crippen LogP) is 0.975. The molecule has 3 unspecified atom stereocenters. The summed E-state index contributed by atoms with van der Waals surface area (Å²) in [6.45, 7) is 7.10. The molecule has 2 aliphatic rings. The van der Waals surface area contributed by atoms with Gasteiger partial charge in [0.15, 0.2) is 0 Å². The number of carboxylic acids is 1. The summed E-state index contributed by atoms with van der Waals surface area (Å²) in [5.41, 5.74) is 0. The van der Waals surface area contributed by atoms with Gasteiger partial charge in [0.1, 0.15) is 0 Å². The van der Waals surface area contributed by atoms with E-state index in [9.17, 15) is 9.59 Å². The number of rotatable bonds is 3. The molecule has 20 heavy (non-hydrogen) atoms. The number of carbonyl (C=O) groups excluding carboxylic acids is 1. The molecule has 0 bridgehead atoms. The average Bonchev–Trinajstić information content (AvgIpc) is 2.74. The molecule has 6 heteroatoms. The fourth-order valence-electron chi connectivity index (χ4n) is 3.02. The number of fused-ring (bicyclic) bond motifs is 1. The van der Waals surface area contributed by atoms with Gasteiger partial charge in [0.2, 0.25) is 0 Å². The van der Waals surface area contributed by atoms with Gasteiger partial charge in [-0.15, -0.1) is 0 Å². The van der Waals surface area contributed by atoms with Crippen LogP contribution in [0.15, 0.2) is 0 Å². The summed E-state index contributed by atoms with van der Waals surface area (Å²) < 4.78 is 0. The van der Waals surface area contributed by atoms with E-state index in [-0.39, 0.29) is 12.1 Å². The van der Waals surface area contributed by atoms with Crippen molar-refractivity contribution in [2.75, 3.05) is 26.2 Å². The number of urea groups is 1. The van der Waals surface area contributed by atoms with Gasteiger partial charge in [0.05, 0.1) is 5.92 Å². The molecule has 6 nitrogen and oxygen atoms in total. The van der Waals surface area contributed by atoms with Gasteiger partial charge in [0.25, 0.3) is 0 Å². The highest BCUT2D eigenvalue weighted by atomic mass is 16.4. The van der Waals surface area contributed by atoms with Gasteiger partial charge in [-0.3, -0.25) is 9.69 Å². The Morgan fingerprint density at radius 3 is 2.60 bits per heavy atom. The third-order valence-electron chi connectivity index (χ3n) is 4.58. The Labute approximate surface area is 120 Å². The minimum Gasteiger partial charge on any atom is -0.481 e. The maximum atomic E-state index is 12.3. The zero-order valence-electron chi connectivity index (χ0n) is 12.3. The van der Waals surface area contributed by atoms with Crippen molar-refractivity contribution in [3.05, 3.63) is 0 Å². The third kappa shape index (κ3) is 3.42. The number of hydrogen-bond acceptors (Lipinski definition) is 3. The Bertz CT molecular complexity index is 375. The lowest BCUT2D eigenvalue weighted by molar-refractivity contribution is -0.141. The Balaban J connectivity index is 1.89. The lowest BCUT2D eigenvalue weighted by Gasteiger charge is -2.28. The number of carbonyl (C=O) groups is 2. The topological polar surface area (TPSA) is 72.9 Å². The smallest absolute Gasteiger partial charge is 0.317 e. The van der Waals surface area contributed by atoms with Crippen molar-refractivity contribution in [2.45, 2.75) is 45.2 Å². The molecule has 3 atom stereocenters. The summed E-state index contributed by atoms with van der Waals surface area (Å²) in [6, 6.07) is -0.00209. The number of aliphatic carboxylic acids is 1. The number of nitrogens with one attached hydrogen (secondary N) is 1. The highest BCUT2D eigenvalue weighted by Gasteiger charge is 2.31. The van der Waals surface area contributed by atoms with E-state index in [0.717, 1.165) is 39.0 Å². The van der Waals surface area contributed by atoms with Crippen LogP contribution in [-0.4, -0.2) is 65.2 Å². The van der Waals surface area contributed by atoms with Gasteiger partial charge >= 0.3 is 12.0 Å². The molecular weight excluding hydrogens is 258 g/mol. The molecule has 2 fully saturated rings. The molecule has 0 spiro atoms. The SMILES string of the molecule is CC(NC(=O)N1CCCN2CCCC2C1)C(C)C(=O)O. The second kappa shape index (κ2) is 6.43. The van der Waals surface area contributed by atoms with Crippen LogP contribution >= 0.6 is 0 Å². The van der Waals surface area contributed by atoms with Gasteiger partial charge < -0.3 is 15.3 Å². The van der Waals surface area contributed by atoms with Crippen molar-refractivity contribution >= 4 is 12.0 Å². The minimum absolute atomic E-state index is 0.126. The second-order valence-corrected chi connectivity index (χ2v) is 6.00. The first-order valence-corrected chi connectivity index (χ1v) is 7.51. The number of carboxylic acid groups (broad SMARTS) is 1. The van der Waals surface area contributed by atoms with Crippen molar-refractivity contribution in [3.63, 3.8) is 0 Å². The molecule has 0 aromatic heterocycles. The monoisotopic (exact) mass is 283 g/mol. The molecule has 2 N–H and O–H groups in total. The zero-order valence-corrected chi connectivity index (χ0v) is 12.3. The van der Waals surface area contributed by atoms with Crippen LogP contribution in [-0.2, 0) is 4.79 Å². The van der Waals surface area contributed by atoms with Gasteiger partial charge in [-0.1, -0.05) is 0 Å². The third-order valence-corrected chi connectivity index (χ3v) is 4.58. The largest absolute Gasteiger partial charge is 0.481 e. The van der Waals surface area contributed by atoms with E-state index in [0.29, 0.717) is 6.04 Å². The van der Waals surface area contributed by atoms with Crippen molar-refractivity contribution < 1.29 is 14.7 Å². The van der Waals surface area contributed by atoms with E-state index < -0.39 is 11.9 Å². The van der Waals surface area contributed by atoms with Crippen LogP contribution in [0.4, 0.5) is 4.79 Å². The maximum absolute atomic E-state index is 12.3. The lowest BCUT2D eigenvalue weighted by Crippen LogP contribution is -2.49. The molecule has 2 aliphatic heterocycles. The van der Waals surface area contributed by atoms with Crippen LogP contribution in [0.2, 0.25) is 0 Å². The first-order valence-electron chi connectivity index (χ1n) is 7.51. The van der Waals surface area contributed by atoms with Crippen molar-refractivity contribution in [1.29, 1.82) is 0 Å². The lowest BCUT2D eigenvalue weighted by atomic mass is 10.0. The molecule has 114 valence electrons. The quantitative estimate of drug-likeness (QED) is 0.809. The molecule has 0 aromatic carbocycles. The van der Waals surface area contributed by atoms with Gasteiger partial charge in [0, 0.05) is 31.7 Å². The van der Waals surface area contributed by atoms with Crippen LogP contribution in [0.25, 0.3) is 0 Å². The van der Waals surface area contributed by atoms with Crippen molar-refractivity contribution in [2.24, 2.45) is 5.92 Å². The van der Waals surface area contributed by atoms with Crippen molar-refractivity contribution in [1.82, 2.24) is 15.1 Å². The highest BCUT2D eigenvalue weighted by molar-refractivity contribution is 5.76. The molecule has 0 aliphatic carbocycles. The number of amides is 2. The first-order chi connectivity index (χ1) is 9.49. The molecular formula is C14H25N3O3. The second-order valence-electron chi connectivity index (χ2n) is 6.00. The van der Waals surface area contributed by atoms with Crippen molar-refractivity contribution in [3.8, 4) is 0 Å². The van der Waals surface area contributed by atoms with E-state index in [1.54, 1.807) is 13.8 Å². The molecule has 0 saturated carbocycles. The van der Waals surface area contributed by atoms with E-state index in [1.165, 1.54) is 6.42 Å².